The molecule has 8 heteroatoms. The molecule has 1 unspecified atom stereocenters. The average Bonchev–Trinajstić information content (AvgIpc) is 2.80. The van der Waals surface area contributed by atoms with Crippen LogP contribution in [0.3, 0.4) is 0 Å². The van der Waals surface area contributed by atoms with Crippen molar-refractivity contribution < 1.29 is 19.4 Å². The molecule has 7 nitrogen and oxygen atoms in total. The van der Waals surface area contributed by atoms with E-state index in [1.54, 1.807) is 13.8 Å². The van der Waals surface area contributed by atoms with Crippen molar-refractivity contribution in [1.29, 1.82) is 0 Å². The van der Waals surface area contributed by atoms with Gasteiger partial charge in [0.15, 0.2) is 5.54 Å². The van der Waals surface area contributed by atoms with Crippen molar-refractivity contribution in [2.45, 2.75) is 39.5 Å². The molecule has 1 atom stereocenters. The Labute approximate surface area is 150 Å². The number of alkyl carbamates (subject to hydrolysis) is 1. The zero-order chi connectivity index (χ0) is 18.6. The van der Waals surface area contributed by atoms with Crippen LogP contribution in [-0.2, 0) is 22.7 Å². The van der Waals surface area contributed by atoms with Gasteiger partial charge in [0.25, 0.3) is 0 Å². The molecule has 0 bridgehead atoms. The minimum atomic E-state index is -1.60. The van der Waals surface area contributed by atoms with E-state index in [-0.39, 0.29) is 13.2 Å². The predicted octanol–water partition coefficient (Wildman–Crippen LogP) is 2.92. The highest BCUT2D eigenvalue weighted by atomic mass is 35.5. The fourth-order valence-corrected chi connectivity index (χ4v) is 2.41. The Hall–Kier alpha value is -2.54. The Morgan fingerprint density at radius 3 is 2.48 bits per heavy atom. The lowest BCUT2D eigenvalue weighted by Crippen LogP contribution is -2.55. The molecule has 2 N–H and O–H groups in total. The number of amides is 1. The second kappa shape index (κ2) is 7.57. The van der Waals surface area contributed by atoms with E-state index in [0.717, 1.165) is 5.56 Å². The minimum absolute atomic E-state index is 0.0497. The third kappa shape index (κ3) is 4.51. The van der Waals surface area contributed by atoms with Crippen LogP contribution < -0.4 is 5.32 Å². The molecule has 134 valence electrons. The summed E-state index contributed by atoms with van der Waals surface area (Å²) in [6, 6.07) is 9.11. The highest BCUT2D eigenvalue weighted by Gasteiger charge is 2.37. The van der Waals surface area contributed by atoms with Crippen molar-refractivity contribution in [2.75, 3.05) is 0 Å². The van der Waals surface area contributed by atoms with Crippen LogP contribution in [0.25, 0.3) is 0 Å². The molecule has 2 aromatic rings. The molecule has 1 aromatic carbocycles. The number of hydrogen-bond acceptors (Lipinski definition) is 4. The molecule has 25 heavy (non-hydrogen) atoms. The Bertz CT molecular complexity index is 776. The van der Waals surface area contributed by atoms with Gasteiger partial charge in [0.05, 0.1) is 23.0 Å². The van der Waals surface area contributed by atoms with Crippen molar-refractivity contribution in [3.8, 4) is 0 Å². The summed E-state index contributed by atoms with van der Waals surface area (Å²) in [4.78, 5) is 23.7. The number of carbonyl (C=O) groups is 2. The van der Waals surface area contributed by atoms with Crippen LogP contribution in [0.15, 0.2) is 30.3 Å². The largest absolute Gasteiger partial charge is 0.479 e. The van der Waals surface area contributed by atoms with E-state index in [2.05, 4.69) is 10.4 Å². The highest BCUT2D eigenvalue weighted by Crippen LogP contribution is 2.21. The van der Waals surface area contributed by atoms with Crippen molar-refractivity contribution >= 4 is 23.7 Å². The fourth-order valence-electron chi connectivity index (χ4n) is 2.27. The second-order valence-electron chi connectivity index (χ2n) is 5.97. The van der Waals surface area contributed by atoms with E-state index >= 15 is 0 Å². The van der Waals surface area contributed by atoms with Crippen LogP contribution in [-0.4, -0.2) is 32.5 Å². The van der Waals surface area contributed by atoms with Gasteiger partial charge in [0.1, 0.15) is 6.61 Å². The molecular formula is C17H20ClN3O4. The van der Waals surface area contributed by atoms with E-state index in [4.69, 9.17) is 16.3 Å². The van der Waals surface area contributed by atoms with Gasteiger partial charge in [-0.15, -0.1) is 0 Å². The third-order valence-corrected chi connectivity index (χ3v) is 4.37. The molecule has 0 aliphatic carbocycles. The molecule has 1 aromatic heterocycles. The maximum atomic E-state index is 12.0. The normalized spacial score (nSPS) is 13.1. The Morgan fingerprint density at radius 2 is 1.96 bits per heavy atom. The number of ether oxygens (including phenoxy) is 1. The fraction of sp³-hybridized carbons (Fsp3) is 0.353. The quantitative estimate of drug-likeness (QED) is 0.820. The molecule has 0 spiro atoms. The molecule has 0 radical (unpaired) electrons. The molecule has 0 aliphatic heterocycles. The van der Waals surface area contributed by atoms with Gasteiger partial charge < -0.3 is 15.2 Å². The van der Waals surface area contributed by atoms with E-state index in [1.807, 2.05) is 30.3 Å². The first-order valence-electron chi connectivity index (χ1n) is 7.64. The molecule has 2 rings (SSSR count). The molecule has 1 heterocycles. The molecule has 1 amide bonds. The van der Waals surface area contributed by atoms with Gasteiger partial charge in [-0.3, -0.25) is 4.68 Å². The van der Waals surface area contributed by atoms with Crippen molar-refractivity contribution in [3.63, 3.8) is 0 Å². The second-order valence-corrected chi connectivity index (χ2v) is 6.34. The summed E-state index contributed by atoms with van der Waals surface area (Å²) in [5, 5.41) is 16.6. The van der Waals surface area contributed by atoms with Crippen LogP contribution in [0.1, 0.15) is 23.9 Å². The first kappa shape index (κ1) is 18.8. The number of nitrogens with one attached hydrogen (secondary N) is 1. The summed E-state index contributed by atoms with van der Waals surface area (Å²) in [6.07, 6.45) is -0.818. The topological polar surface area (TPSA) is 93.5 Å². The zero-order valence-corrected chi connectivity index (χ0v) is 15.0. The average molecular weight is 366 g/mol. The zero-order valence-electron chi connectivity index (χ0n) is 14.2. The van der Waals surface area contributed by atoms with E-state index in [0.29, 0.717) is 16.4 Å². The molecule has 0 saturated carbocycles. The maximum Gasteiger partial charge on any atom is 0.408 e. The van der Waals surface area contributed by atoms with Crippen LogP contribution in [0.5, 0.6) is 0 Å². The van der Waals surface area contributed by atoms with E-state index in [9.17, 15) is 14.7 Å². The van der Waals surface area contributed by atoms with Crippen LogP contribution in [0, 0.1) is 13.8 Å². The van der Waals surface area contributed by atoms with Gasteiger partial charge in [0.2, 0.25) is 0 Å². The summed E-state index contributed by atoms with van der Waals surface area (Å²) in [5.74, 6) is -1.20. The monoisotopic (exact) mass is 365 g/mol. The van der Waals surface area contributed by atoms with Gasteiger partial charge in [-0.1, -0.05) is 41.9 Å². The number of aryl methyl sites for hydroxylation is 1. The molecule has 0 saturated heterocycles. The summed E-state index contributed by atoms with van der Waals surface area (Å²) < 4.78 is 6.56. The van der Waals surface area contributed by atoms with Gasteiger partial charge in [-0.25, -0.2) is 9.59 Å². The number of nitrogens with zero attached hydrogens (tertiary/aromatic N) is 2. The lowest BCUT2D eigenvalue weighted by atomic mass is 10.0. The Kier molecular flexibility index (Phi) is 5.69. The SMILES string of the molecule is Cc1nn(CC(C)(NC(=O)OCc2ccccc2)C(=O)O)c(C)c1Cl. The number of carbonyl (C=O) groups excluding carboxylic acids is 1. The minimum Gasteiger partial charge on any atom is -0.479 e. The third-order valence-electron chi connectivity index (χ3n) is 3.82. The predicted molar refractivity (Wildman–Crippen MR) is 92.5 cm³/mol. The van der Waals surface area contributed by atoms with E-state index in [1.165, 1.54) is 11.6 Å². The number of aliphatic carboxylic acids is 1. The maximum absolute atomic E-state index is 12.0. The van der Waals surface area contributed by atoms with Crippen molar-refractivity contribution in [2.24, 2.45) is 0 Å². The van der Waals surface area contributed by atoms with Crippen LogP contribution >= 0.6 is 11.6 Å². The summed E-state index contributed by atoms with van der Waals surface area (Å²) in [7, 11) is 0. The molecule has 0 aliphatic rings. The first-order valence-corrected chi connectivity index (χ1v) is 8.02. The van der Waals surface area contributed by atoms with Gasteiger partial charge >= 0.3 is 12.1 Å². The summed E-state index contributed by atoms with van der Waals surface area (Å²) in [5.41, 5.74) is 0.435. The number of carboxylic acids is 1. The van der Waals surface area contributed by atoms with Crippen LogP contribution in [0.4, 0.5) is 4.79 Å². The van der Waals surface area contributed by atoms with Gasteiger partial charge in [0, 0.05) is 0 Å². The number of halogens is 1. The number of hydrogen-bond donors (Lipinski definition) is 2. The van der Waals surface area contributed by atoms with Crippen molar-refractivity contribution in [3.05, 3.63) is 52.3 Å². The van der Waals surface area contributed by atoms with Crippen LogP contribution in [0.2, 0.25) is 5.02 Å². The smallest absolute Gasteiger partial charge is 0.408 e. The highest BCUT2D eigenvalue weighted by molar-refractivity contribution is 6.31. The number of aromatic nitrogens is 2. The van der Waals surface area contributed by atoms with Gasteiger partial charge in [-0.05, 0) is 26.3 Å². The Balaban J connectivity index is 2.07. The molecule has 0 fully saturated rings. The first-order chi connectivity index (χ1) is 11.7. The Morgan fingerprint density at radius 1 is 1.32 bits per heavy atom. The summed E-state index contributed by atoms with van der Waals surface area (Å²) >= 11 is 6.09. The standard InChI is InChI=1S/C17H20ClN3O4/c1-11-14(18)12(2)21(20-11)10-17(3,15(22)23)19-16(24)25-9-13-7-5-4-6-8-13/h4-8H,9-10H2,1-3H3,(H,19,24)(H,22,23). The number of benzene rings is 1. The van der Waals surface area contributed by atoms with E-state index < -0.39 is 17.6 Å². The number of rotatable bonds is 6. The number of carboxylic acid groups (broad SMARTS) is 1. The van der Waals surface area contributed by atoms with Gasteiger partial charge in [-0.2, -0.15) is 5.10 Å². The lowest BCUT2D eigenvalue weighted by Gasteiger charge is -2.26. The lowest BCUT2D eigenvalue weighted by molar-refractivity contribution is -0.144. The van der Waals surface area contributed by atoms with Crippen molar-refractivity contribution in [1.82, 2.24) is 15.1 Å². The molecular weight excluding hydrogens is 346 g/mol. The summed E-state index contributed by atoms with van der Waals surface area (Å²) in [6.45, 7) is 4.82.